The van der Waals surface area contributed by atoms with E-state index in [9.17, 15) is 18.7 Å². The molecule has 4 heterocycles. The molecule has 1 aliphatic rings. The van der Waals surface area contributed by atoms with Crippen LogP contribution >= 0.6 is 0 Å². The van der Waals surface area contributed by atoms with Crippen LogP contribution in [-0.4, -0.2) is 73.1 Å². The Morgan fingerprint density at radius 1 is 1.15 bits per heavy atom. The second-order valence-corrected chi connectivity index (χ2v) is 9.33. The highest BCUT2D eigenvalue weighted by Gasteiger charge is 2.24. The van der Waals surface area contributed by atoms with E-state index in [1.807, 2.05) is 12.1 Å². The molecule has 206 valence electrons. The van der Waals surface area contributed by atoms with Crippen LogP contribution in [0.4, 0.5) is 14.5 Å². The Kier molecular flexibility index (Phi) is 6.97. The van der Waals surface area contributed by atoms with Crippen molar-refractivity contribution in [2.75, 3.05) is 31.5 Å². The van der Waals surface area contributed by atoms with Crippen LogP contribution < -0.4 is 15.4 Å². The second-order valence-electron chi connectivity index (χ2n) is 9.33. The molecule has 40 heavy (non-hydrogen) atoms. The lowest BCUT2D eigenvalue weighted by Crippen LogP contribution is -2.47. The zero-order valence-electron chi connectivity index (χ0n) is 21.2. The van der Waals surface area contributed by atoms with Gasteiger partial charge >= 0.3 is 6.61 Å². The Labute approximate surface area is 227 Å². The molecule has 2 aromatic carbocycles. The Hall–Kier alpha value is -4.62. The average Bonchev–Trinajstić information content (AvgIpc) is 3.57. The van der Waals surface area contributed by atoms with Crippen molar-refractivity contribution < 1.29 is 23.4 Å². The predicted octanol–water partition coefficient (Wildman–Crippen LogP) is 2.88. The molecule has 5 aromatic rings. The third-order valence-electron chi connectivity index (χ3n) is 6.74. The summed E-state index contributed by atoms with van der Waals surface area (Å²) in [6.45, 7) is -0.571. The van der Waals surface area contributed by atoms with Crippen LogP contribution in [0.1, 0.15) is 11.8 Å². The normalized spacial score (nSPS) is 14.7. The van der Waals surface area contributed by atoms with Gasteiger partial charge in [0.05, 0.1) is 17.4 Å². The molecule has 1 amide bonds. The fraction of sp³-hybridized carbons (Fsp3) is 0.259. The minimum absolute atomic E-state index is 0.0678. The molecule has 3 aromatic heterocycles. The number of nitrogens with zero attached hydrogens (tertiary/aromatic N) is 6. The summed E-state index contributed by atoms with van der Waals surface area (Å²) in [5.74, 6) is -0.209. The quantitative estimate of drug-likeness (QED) is 0.253. The van der Waals surface area contributed by atoms with E-state index in [0.29, 0.717) is 48.5 Å². The van der Waals surface area contributed by atoms with Gasteiger partial charge in [0.1, 0.15) is 18.0 Å². The average molecular weight is 549 g/mol. The first-order valence-electron chi connectivity index (χ1n) is 12.7. The maximum absolute atomic E-state index is 13.5. The number of anilines is 1. The molecule has 6 rings (SSSR count). The molecule has 11 nitrogen and oxygen atoms in total. The Morgan fingerprint density at radius 2 is 1.93 bits per heavy atom. The molecule has 0 spiro atoms. The van der Waals surface area contributed by atoms with Gasteiger partial charge in [0.25, 0.3) is 0 Å². The number of aliphatic hydroxyl groups excluding tert-OH is 1. The van der Waals surface area contributed by atoms with E-state index in [-0.39, 0.29) is 29.5 Å². The van der Waals surface area contributed by atoms with Crippen LogP contribution in [0, 0.1) is 0 Å². The first kappa shape index (κ1) is 25.6. The van der Waals surface area contributed by atoms with Crippen molar-refractivity contribution in [3.63, 3.8) is 0 Å². The van der Waals surface area contributed by atoms with Crippen molar-refractivity contribution in [2.45, 2.75) is 19.4 Å². The number of alkyl halides is 2. The molecular weight excluding hydrogens is 522 g/mol. The maximum Gasteiger partial charge on any atom is 0.387 e. The number of piperazine rings is 1. The number of rotatable bonds is 8. The molecule has 0 aliphatic carbocycles. The first-order chi connectivity index (χ1) is 19.5. The summed E-state index contributed by atoms with van der Waals surface area (Å²) in [5.41, 5.74) is 1.67. The number of ether oxygens (including phenoxy) is 1. The molecule has 1 saturated heterocycles. The largest absolute Gasteiger partial charge is 0.434 e. The topological polar surface area (TPSA) is 122 Å². The van der Waals surface area contributed by atoms with Crippen molar-refractivity contribution in [3.05, 3.63) is 72.8 Å². The van der Waals surface area contributed by atoms with Crippen molar-refractivity contribution in [2.24, 2.45) is 0 Å². The van der Waals surface area contributed by atoms with Crippen LogP contribution in [0.2, 0.25) is 0 Å². The summed E-state index contributed by atoms with van der Waals surface area (Å²) in [4.78, 5) is 19.0. The maximum atomic E-state index is 13.5. The van der Waals surface area contributed by atoms with Gasteiger partial charge in [-0.1, -0.05) is 24.3 Å². The lowest BCUT2D eigenvalue weighted by atomic mass is 10.0. The van der Waals surface area contributed by atoms with Crippen LogP contribution in [-0.2, 0) is 11.3 Å². The molecule has 0 bridgehead atoms. The van der Waals surface area contributed by atoms with Gasteiger partial charge in [-0.05, 0) is 29.0 Å². The molecule has 0 radical (unpaired) electrons. The van der Waals surface area contributed by atoms with Crippen LogP contribution in [0.25, 0.3) is 27.7 Å². The number of carbonyl (C=O) groups excluding carboxylic acids is 1. The number of carbonyl (C=O) groups is 1. The van der Waals surface area contributed by atoms with E-state index in [1.165, 1.54) is 21.5 Å². The number of nitrogens with one attached hydrogen (secondary N) is 2. The molecule has 13 heteroatoms. The third kappa shape index (κ3) is 5.16. The highest BCUT2D eigenvalue weighted by Crippen LogP contribution is 2.39. The molecule has 3 N–H and O–H groups in total. The Morgan fingerprint density at radius 3 is 2.70 bits per heavy atom. The molecule has 0 saturated carbocycles. The Balaban J connectivity index is 1.41. The molecule has 1 atom stereocenters. The minimum atomic E-state index is -3.07. The lowest BCUT2D eigenvalue weighted by Gasteiger charge is -2.27. The number of fused-ring (bicyclic) bond motifs is 2. The first-order valence-corrected chi connectivity index (χ1v) is 12.7. The van der Waals surface area contributed by atoms with E-state index in [2.05, 4.69) is 25.8 Å². The fourth-order valence-electron chi connectivity index (χ4n) is 4.82. The van der Waals surface area contributed by atoms with Gasteiger partial charge < -0.3 is 25.4 Å². The van der Waals surface area contributed by atoms with Crippen LogP contribution in [0.3, 0.4) is 0 Å². The number of benzene rings is 2. The summed E-state index contributed by atoms with van der Waals surface area (Å²) in [7, 11) is 0. The lowest BCUT2D eigenvalue weighted by molar-refractivity contribution is -0.132. The van der Waals surface area contributed by atoms with E-state index >= 15 is 0 Å². The third-order valence-corrected chi connectivity index (χ3v) is 6.74. The van der Waals surface area contributed by atoms with Gasteiger partial charge in [-0.3, -0.25) is 9.48 Å². The fourth-order valence-corrected chi connectivity index (χ4v) is 4.82. The highest BCUT2D eigenvalue weighted by molar-refractivity contribution is 5.92. The number of aromatic nitrogens is 5. The van der Waals surface area contributed by atoms with E-state index in [0.717, 1.165) is 5.39 Å². The zero-order chi connectivity index (χ0) is 27.6. The number of hydrogen-bond donors (Lipinski definition) is 3. The molecule has 1 aliphatic heterocycles. The van der Waals surface area contributed by atoms with Crippen LogP contribution in [0.15, 0.2) is 67.3 Å². The minimum Gasteiger partial charge on any atom is -0.434 e. The highest BCUT2D eigenvalue weighted by atomic mass is 19.3. The van der Waals surface area contributed by atoms with Crippen molar-refractivity contribution in [3.8, 4) is 17.0 Å². The summed E-state index contributed by atoms with van der Waals surface area (Å²) in [6.07, 6.45) is 5.07. The van der Waals surface area contributed by atoms with E-state index in [4.69, 9.17) is 4.74 Å². The predicted molar refractivity (Wildman–Crippen MR) is 143 cm³/mol. The van der Waals surface area contributed by atoms with Crippen LogP contribution in [0.5, 0.6) is 5.75 Å². The van der Waals surface area contributed by atoms with Gasteiger partial charge in [-0.15, -0.1) is 0 Å². The molecule has 1 fully saturated rings. The summed E-state index contributed by atoms with van der Waals surface area (Å²) in [6, 6.07) is 12.2. The summed E-state index contributed by atoms with van der Waals surface area (Å²) < 4.78 is 34.8. The molecular formula is C27H26F2N8O3. The van der Waals surface area contributed by atoms with Gasteiger partial charge in [0, 0.05) is 50.3 Å². The van der Waals surface area contributed by atoms with Crippen molar-refractivity contribution in [1.29, 1.82) is 0 Å². The van der Waals surface area contributed by atoms with Crippen molar-refractivity contribution >= 4 is 28.0 Å². The Bertz CT molecular complexity index is 1660. The van der Waals surface area contributed by atoms with Gasteiger partial charge in [0.2, 0.25) is 5.91 Å². The SMILES string of the molecule is O=C(Cn1cc(NC(O)c2cnn3cccnc23)c(-c2cc3ccccc3cc2OC(F)F)n1)N1CCNCC1. The zero-order valence-corrected chi connectivity index (χ0v) is 21.2. The van der Waals surface area contributed by atoms with Gasteiger partial charge in [0.15, 0.2) is 11.9 Å². The number of hydrogen-bond acceptors (Lipinski definition) is 8. The van der Waals surface area contributed by atoms with E-state index in [1.54, 1.807) is 47.8 Å². The van der Waals surface area contributed by atoms with Crippen molar-refractivity contribution in [1.82, 2.24) is 34.6 Å². The summed E-state index contributed by atoms with van der Waals surface area (Å²) in [5, 5.41) is 27.7. The summed E-state index contributed by atoms with van der Waals surface area (Å²) >= 11 is 0. The van der Waals surface area contributed by atoms with E-state index < -0.39 is 12.8 Å². The van der Waals surface area contributed by atoms with Gasteiger partial charge in [-0.25, -0.2) is 9.50 Å². The standard InChI is InChI=1S/C27H26F2N8O3/c28-27(29)40-22-13-18-5-2-1-4-17(18)12-19(22)24-21(15-36(34-24)16-23(38)35-10-7-30-8-11-35)33-26(39)20-14-32-37-9-3-6-31-25(20)37/h1-6,9,12-15,26-27,30,33,39H,7-8,10-11,16H2. The monoisotopic (exact) mass is 548 g/mol. The number of aliphatic hydroxyl groups is 1. The number of halogens is 2. The van der Waals surface area contributed by atoms with Gasteiger partial charge in [-0.2, -0.15) is 19.0 Å². The number of amides is 1. The molecule has 1 unspecified atom stereocenters. The second kappa shape index (κ2) is 10.9. The smallest absolute Gasteiger partial charge is 0.387 e.